The van der Waals surface area contributed by atoms with E-state index in [1.165, 1.54) is 67.2 Å². The highest BCUT2D eigenvalue weighted by Gasteiger charge is 2.18. The molecule has 36 heavy (non-hydrogen) atoms. The van der Waals surface area contributed by atoms with Gasteiger partial charge in [-0.15, -0.1) is 5.10 Å². The molecule has 0 saturated heterocycles. The second kappa shape index (κ2) is 11.1. The number of amides is 1. The smallest absolute Gasteiger partial charge is 0.276 e. The van der Waals surface area contributed by atoms with E-state index in [2.05, 4.69) is 30.7 Å². The van der Waals surface area contributed by atoms with E-state index >= 15 is 0 Å². The first-order chi connectivity index (χ1) is 17.3. The number of nitrogens with zero attached hydrogens (tertiary/aromatic N) is 5. The Balaban J connectivity index is 0.000000375. The number of aromatic nitrogens is 5. The maximum Gasteiger partial charge on any atom is 0.276 e. The van der Waals surface area contributed by atoms with Crippen molar-refractivity contribution in [2.45, 2.75) is 38.1 Å². The van der Waals surface area contributed by atoms with Gasteiger partial charge in [0.05, 0.1) is 23.8 Å². The Morgan fingerprint density at radius 3 is 2.53 bits per heavy atom. The van der Waals surface area contributed by atoms with Crippen LogP contribution >= 0.6 is 11.6 Å². The molecule has 0 spiro atoms. The van der Waals surface area contributed by atoms with Crippen LogP contribution in [-0.2, 0) is 0 Å². The number of fused-ring (bicyclic) bond motifs is 1. The second-order valence-electron chi connectivity index (χ2n) is 8.29. The standard InChI is InChI=1S/C17H13ClFN9O.C6H13N/c18-8-3-13(20)26-15(4-8)24-11-5-14(21)27-28-12(7-23-16(11)28)17(29)25-10-1-2-22-6-9(10)19;7-6-4-2-1-3-5-6/h1-7H,(H2,21,27)(H3,20,24,26)(H,22,25,29);6H,1-5,7H2. The summed E-state index contributed by atoms with van der Waals surface area (Å²) in [4.78, 5) is 24.6. The van der Waals surface area contributed by atoms with Gasteiger partial charge in [0.2, 0.25) is 0 Å². The van der Waals surface area contributed by atoms with Gasteiger partial charge in [0.15, 0.2) is 17.2 Å². The van der Waals surface area contributed by atoms with Gasteiger partial charge in [0, 0.05) is 23.3 Å². The van der Waals surface area contributed by atoms with Crippen molar-refractivity contribution >= 4 is 52.0 Å². The summed E-state index contributed by atoms with van der Waals surface area (Å²) in [6, 6.07) is 6.45. The zero-order valence-corrected chi connectivity index (χ0v) is 20.0. The van der Waals surface area contributed by atoms with Crippen LogP contribution in [0.25, 0.3) is 5.65 Å². The topological polar surface area (TPSA) is 175 Å². The van der Waals surface area contributed by atoms with Gasteiger partial charge in [0.25, 0.3) is 5.91 Å². The molecular weight excluding hydrogens is 487 g/mol. The summed E-state index contributed by atoms with van der Waals surface area (Å²) in [6.45, 7) is 0. The summed E-state index contributed by atoms with van der Waals surface area (Å²) in [6.07, 6.45) is 10.3. The lowest BCUT2D eigenvalue weighted by molar-refractivity contribution is 0.102. The molecular formula is C23H26ClFN10O. The number of hydrogen-bond acceptors (Lipinski definition) is 9. The molecule has 13 heteroatoms. The summed E-state index contributed by atoms with van der Waals surface area (Å²) in [5.41, 5.74) is 17.9. The molecule has 0 atom stereocenters. The van der Waals surface area contributed by atoms with Crippen molar-refractivity contribution in [1.82, 2.24) is 24.6 Å². The predicted octanol–water partition coefficient (Wildman–Crippen LogP) is 3.75. The van der Waals surface area contributed by atoms with Crippen LogP contribution in [0.1, 0.15) is 42.6 Å². The van der Waals surface area contributed by atoms with Gasteiger partial charge in [0.1, 0.15) is 17.5 Å². The number of imidazole rings is 1. The predicted molar refractivity (Wildman–Crippen MR) is 138 cm³/mol. The SMILES string of the molecule is NC1CCCCC1.Nc1cc(Cl)cc(Nc2cc(N)nn3c(C(=O)Nc4ccncc4F)cnc23)n1. The van der Waals surface area contributed by atoms with Crippen LogP contribution in [0.4, 0.5) is 33.2 Å². The number of nitrogens with one attached hydrogen (secondary N) is 2. The molecule has 0 bridgehead atoms. The minimum Gasteiger partial charge on any atom is -0.384 e. The fourth-order valence-corrected chi connectivity index (χ4v) is 3.97. The highest BCUT2D eigenvalue weighted by molar-refractivity contribution is 6.31. The number of rotatable bonds is 4. The highest BCUT2D eigenvalue weighted by atomic mass is 35.5. The van der Waals surface area contributed by atoms with E-state index in [0.717, 1.165) is 6.20 Å². The maximum absolute atomic E-state index is 13.8. The Hall–Kier alpha value is -4.03. The summed E-state index contributed by atoms with van der Waals surface area (Å²) >= 11 is 6.00. The van der Waals surface area contributed by atoms with Gasteiger partial charge in [-0.3, -0.25) is 9.78 Å². The lowest BCUT2D eigenvalue weighted by Crippen LogP contribution is -2.22. The summed E-state index contributed by atoms with van der Waals surface area (Å²) in [5, 5.41) is 9.95. The van der Waals surface area contributed by atoms with E-state index in [-0.39, 0.29) is 23.0 Å². The molecule has 1 amide bonds. The molecule has 188 valence electrons. The van der Waals surface area contributed by atoms with Crippen LogP contribution in [0.3, 0.4) is 0 Å². The third kappa shape index (κ3) is 6.15. The Kier molecular flexibility index (Phi) is 7.76. The number of carbonyl (C=O) groups is 1. The van der Waals surface area contributed by atoms with E-state index in [9.17, 15) is 9.18 Å². The molecule has 4 aromatic heterocycles. The normalized spacial score (nSPS) is 13.6. The van der Waals surface area contributed by atoms with Gasteiger partial charge in [-0.25, -0.2) is 18.9 Å². The molecule has 1 saturated carbocycles. The molecule has 11 nitrogen and oxygen atoms in total. The monoisotopic (exact) mass is 512 g/mol. The van der Waals surface area contributed by atoms with Crippen molar-refractivity contribution in [3.63, 3.8) is 0 Å². The van der Waals surface area contributed by atoms with Gasteiger partial charge in [-0.2, -0.15) is 0 Å². The van der Waals surface area contributed by atoms with Crippen molar-refractivity contribution in [2.24, 2.45) is 5.73 Å². The molecule has 4 heterocycles. The number of halogens is 2. The average molecular weight is 513 g/mol. The average Bonchev–Trinajstić information content (AvgIpc) is 3.25. The first-order valence-electron chi connectivity index (χ1n) is 11.3. The van der Waals surface area contributed by atoms with Crippen molar-refractivity contribution in [1.29, 1.82) is 0 Å². The molecule has 1 aliphatic rings. The summed E-state index contributed by atoms with van der Waals surface area (Å²) in [5.74, 6) is -0.612. The molecule has 0 aliphatic heterocycles. The fourth-order valence-electron chi connectivity index (χ4n) is 3.75. The largest absolute Gasteiger partial charge is 0.384 e. The first kappa shape index (κ1) is 25.1. The Labute approximate surface area is 211 Å². The molecule has 0 unspecified atom stereocenters. The maximum atomic E-state index is 13.8. The zero-order valence-electron chi connectivity index (χ0n) is 19.3. The molecule has 4 aromatic rings. The number of pyridine rings is 2. The van der Waals surface area contributed by atoms with Gasteiger partial charge in [-0.1, -0.05) is 30.9 Å². The van der Waals surface area contributed by atoms with Crippen LogP contribution in [0, 0.1) is 5.82 Å². The number of hydrogen-bond donors (Lipinski definition) is 5. The Morgan fingerprint density at radius 2 is 1.86 bits per heavy atom. The number of anilines is 5. The molecule has 8 N–H and O–H groups in total. The van der Waals surface area contributed by atoms with Crippen molar-refractivity contribution < 1.29 is 9.18 Å². The van der Waals surface area contributed by atoms with Crippen LogP contribution in [0.2, 0.25) is 5.02 Å². The van der Waals surface area contributed by atoms with E-state index in [1.54, 1.807) is 6.07 Å². The third-order valence-electron chi connectivity index (χ3n) is 5.46. The molecule has 0 aromatic carbocycles. The van der Waals surface area contributed by atoms with E-state index in [1.807, 2.05) is 0 Å². The third-order valence-corrected chi connectivity index (χ3v) is 5.68. The Bertz CT molecular complexity index is 1350. The minimum atomic E-state index is -0.672. The van der Waals surface area contributed by atoms with E-state index in [4.69, 9.17) is 28.8 Å². The molecule has 1 aliphatic carbocycles. The summed E-state index contributed by atoms with van der Waals surface area (Å²) in [7, 11) is 0. The van der Waals surface area contributed by atoms with Crippen LogP contribution < -0.4 is 27.8 Å². The van der Waals surface area contributed by atoms with Crippen molar-refractivity contribution in [3.05, 3.63) is 59.4 Å². The lowest BCUT2D eigenvalue weighted by atomic mass is 9.97. The number of nitrogens with two attached hydrogens (primary N) is 3. The number of nitrogen functional groups attached to an aromatic ring is 2. The zero-order chi connectivity index (χ0) is 25.7. The van der Waals surface area contributed by atoms with E-state index < -0.39 is 11.7 Å². The molecule has 5 rings (SSSR count). The van der Waals surface area contributed by atoms with Gasteiger partial charge in [-0.05, 0) is 31.0 Å². The van der Waals surface area contributed by atoms with Crippen LogP contribution in [0.5, 0.6) is 0 Å². The minimum absolute atomic E-state index is 0.0270. The van der Waals surface area contributed by atoms with Gasteiger partial charge >= 0.3 is 0 Å². The van der Waals surface area contributed by atoms with Crippen molar-refractivity contribution in [3.8, 4) is 0 Å². The fraction of sp³-hybridized carbons (Fsp3) is 0.261. The summed E-state index contributed by atoms with van der Waals surface area (Å²) < 4.78 is 15.0. The second-order valence-corrected chi connectivity index (χ2v) is 8.73. The lowest BCUT2D eigenvalue weighted by Gasteiger charge is -2.15. The highest BCUT2D eigenvalue weighted by Crippen LogP contribution is 2.25. The van der Waals surface area contributed by atoms with Crippen LogP contribution in [-0.4, -0.2) is 36.5 Å². The quantitative estimate of drug-likeness (QED) is 0.272. The Morgan fingerprint density at radius 1 is 1.08 bits per heavy atom. The number of carbonyl (C=O) groups excluding carboxylic acids is 1. The van der Waals surface area contributed by atoms with E-state index in [0.29, 0.717) is 28.2 Å². The molecule has 1 fully saturated rings. The molecule has 0 radical (unpaired) electrons. The van der Waals surface area contributed by atoms with Crippen molar-refractivity contribution in [2.75, 3.05) is 22.1 Å². The van der Waals surface area contributed by atoms with Gasteiger partial charge < -0.3 is 27.8 Å². The first-order valence-corrected chi connectivity index (χ1v) is 11.7. The van der Waals surface area contributed by atoms with Crippen LogP contribution in [0.15, 0.2) is 42.9 Å².